The van der Waals surface area contributed by atoms with E-state index in [4.69, 9.17) is 5.11 Å². The third kappa shape index (κ3) is 2.19. The van der Waals surface area contributed by atoms with Crippen molar-refractivity contribution < 1.29 is 14.3 Å². The molecule has 0 radical (unpaired) electrons. The van der Waals surface area contributed by atoms with Gasteiger partial charge in [-0.05, 0) is 37.6 Å². The first kappa shape index (κ1) is 11.7. The third-order valence-electron chi connectivity index (χ3n) is 2.41. The molecule has 0 saturated carbocycles. The number of thiazole rings is 1. The zero-order chi connectivity index (χ0) is 12.6. The van der Waals surface area contributed by atoms with Gasteiger partial charge in [0.1, 0.15) is 15.7 Å². The molecule has 0 unspecified atom stereocenters. The van der Waals surface area contributed by atoms with Gasteiger partial charge in [0, 0.05) is 5.56 Å². The minimum Gasteiger partial charge on any atom is -0.477 e. The number of halogens is 1. The van der Waals surface area contributed by atoms with E-state index in [1.54, 1.807) is 19.9 Å². The smallest absolute Gasteiger partial charge is 0.347 e. The van der Waals surface area contributed by atoms with E-state index in [1.807, 2.05) is 0 Å². The summed E-state index contributed by atoms with van der Waals surface area (Å²) in [4.78, 5) is 15.3. The lowest BCUT2D eigenvalue weighted by Crippen LogP contribution is -1.94. The minimum atomic E-state index is -0.981. The van der Waals surface area contributed by atoms with Crippen LogP contribution in [-0.4, -0.2) is 16.1 Å². The lowest BCUT2D eigenvalue weighted by atomic mass is 10.1. The van der Waals surface area contributed by atoms with Crippen molar-refractivity contribution in [1.82, 2.24) is 4.98 Å². The van der Waals surface area contributed by atoms with E-state index in [-0.39, 0.29) is 10.7 Å². The lowest BCUT2D eigenvalue weighted by molar-refractivity contribution is 0.0701. The van der Waals surface area contributed by atoms with E-state index in [9.17, 15) is 9.18 Å². The van der Waals surface area contributed by atoms with Gasteiger partial charge in [0.15, 0.2) is 0 Å². The molecule has 1 aromatic carbocycles. The monoisotopic (exact) mass is 251 g/mol. The summed E-state index contributed by atoms with van der Waals surface area (Å²) in [6, 6.07) is 4.38. The Labute approximate surface area is 102 Å². The van der Waals surface area contributed by atoms with Crippen molar-refractivity contribution in [3.8, 4) is 10.6 Å². The maximum absolute atomic E-state index is 13.0. The van der Waals surface area contributed by atoms with Crippen LogP contribution < -0.4 is 0 Å². The minimum absolute atomic E-state index is 0.226. The van der Waals surface area contributed by atoms with Gasteiger partial charge in [0.25, 0.3) is 0 Å². The normalized spacial score (nSPS) is 10.5. The van der Waals surface area contributed by atoms with E-state index in [0.717, 1.165) is 22.5 Å². The first-order valence-corrected chi connectivity index (χ1v) is 5.78. The first-order valence-electron chi connectivity index (χ1n) is 4.96. The molecule has 0 spiro atoms. The van der Waals surface area contributed by atoms with Gasteiger partial charge in [-0.2, -0.15) is 0 Å². The fraction of sp³-hybridized carbons (Fsp3) is 0.167. The molecule has 17 heavy (non-hydrogen) atoms. The standard InChI is InChI=1S/C12H10FNO2S/c1-6-5-8(13)3-4-9(6)11-14-7(2)10(17-11)12(15)16/h3-5H,1-2H3,(H,15,16). The van der Waals surface area contributed by atoms with E-state index >= 15 is 0 Å². The Morgan fingerprint density at radius 3 is 2.65 bits per heavy atom. The summed E-state index contributed by atoms with van der Waals surface area (Å²) in [6.07, 6.45) is 0. The maximum Gasteiger partial charge on any atom is 0.347 e. The van der Waals surface area contributed by atoms with Crippen LogP contribution in [0, 0.1) is 19.7 Å². The van der Waals surface area contributed by atoms with E-state index in [2.05, 4.69) is 4.98 Å². The van der Waals surface area contributed by atoms with Crippen molar-refractivity contribution in [2.75, 3.05) is 0 Å². The predicted octanol–water partition coefficient (Wildman–Crippen LogP) is 3.26. The van der Waals surface area contributed by atoms with Crippen molar-refractivity contribution in [2.24, 2.45) is 0 Å². The molecule has 2 rings (SSSR count). The number of carboxylic acids is 1. The molecule has 5 heteroatoms. The quantitative estimate of drug-likeness (QED) is 0.891. The fourth-order valence-corrected chi connectivity index (χ4v) is 2.57. The van der Waals surface area contributed by atoms with E-state index < -0.39 is 5.97 Å². The molecule has 3 nitrogen and oxygen atoms in total. The molecule has 0 fully saturated rings. The molecule has 88 valence electrons. The molecule has 0 saturated heterocycles. The van der Waals surface area contributed by atoms with Crippen molar-refractivity contribution in [2.45, 2.75) is 13.8 Å². The fourth-order valence-electron chi connectivity index (χ4n) is 1.58. The van der Waals surface area contributed by atoms with Crippen molar-refractivity contribution in [3.05, 3.63) is 40.2 Å². The summed E-state index contributed by atoms with van der Waals surface area (Å²) >= 11 is 1.11. The Hall–Kier alpha value is -1.75. The van der Waals surface area contributed by atoms with Gasteiger partial charge in [0.2, 0.25) is 0 Å². The SMILES string of the molecule is Cc1cc(F)ccc1-c1nc(C)c(C(=O)O)s1. The van der Waals surface area contributed by atoms with Gasteiger partial charge in [-0.3, -0.25) is 0 Å². The van der Waals surface area contributed by atoms with Crippen LogP contribution in [0.1, 0.15) is 20.9 Å². The average Bonchev–Trinajstić information content (AvgIpc) is 2.60. The number of rotatable bonds is 2. The van der Waals surface area contributed by atoms with Gasteiger partial charge in [-0.15, -0.1) is 11.3 Å². The van der Waals surface area contributed by atoms with Crippen LogP contribution in [0.4, 0.5) is 4.39 Å². The number of hydrogen-bond donors (Lipinski definition) is 1. The number of aryl methyl sites for hydroxylation is 2. The molecule has 1 heterocycles. The topological polar surface area (TPSA) is 50.2 Å². The molecule has 0 atom stereocenters. The summed E-state index contributed by atoms with van der Waals surface area (Å²) in [5, 5.41) is 9.56. The average molecular weight is 251 g/mol. The maximum atomic E-state index is 13.0. The molecular weight excluding hydrogens is 241 g/mol. The Morgan fingerprint density at radius 2 is 2.12 bits per heavy atom. The number of carboxylic acid groups (broad SMARTS) is 1. The number of aromatic nitrogens is 1. The number of carbonyl (C=O) groups is 1. The van der Waals surface area contributed by atoms with Crippen LogP contribution >= 0.6 is 11.3 Å². The summed E-state index contributed by atoms with van der Waals surface area (Å²) in [5.41, 5.74) is 2.00. The van der Waals surface area contributed by atoms with Crippen LogP contribution in [0.3, 0.4) is 0 Å². The highest BCUT2D eigenvalue weighted by atomic mass is 32.1. The molecule has 0 aliphatic heterocycles. The zero-order valence-corrected chi connectivity index (χ0v) is 10.1. The third-order valence-corrected chi connectivity index (χ3v) is 3.59. The van der Waals surface area contributed by atoms with Gasteiger partial charge < -0.3 is 5.11 Å². The summed E-state index contributed by atoms with van der Waals surface area (Å²) in [7, 11) is 0. The molecule has 0 aliphatic rings. The van der Waals surface area contributed by atoms with Gasteiger partial charge in [-0.1, -0.05) is 0 Å². The largest absolute Gasteiger partial charge is 0.477 e. The van der Waals surface area contributed by atoms with Crippen molar-refractivity contribution in [1.29, 1.82) is 0 Å². The Morgan fingerprint density at radius 1 is 1.41 bits per heavy atom. The van der Waals surface area contributed by atoms with E-state index in [0.29, 0.717) is 10.7 Å². The highest BCUT2D eigenvalue weighted by molar-refractivity contribution is 7.17. The van der Waals surface area contributed by atoms with Crippen LogP contribution in [0.5, 0.6) is 0 Å². The molecule has 2 aromatic rings. The lowest BCUT2D eigenvalue weighted by Gasteiger charge is -2.01. The molecule has 1 N–H and O–H groups in total. The number of aromatic carboxylic acids is 1. The molecule has 0 aliphatic carbocycles. The van der Waals surface area contributed by atoms with E-state index in [1.165, 1.54) is 12.1 Å². The second kappa shape index (κ2) is 4.25. The Balaban J connectivity index is 2.53. The summed E-state index contributed by atoms with van der Waals surface area (Å²) in [5.74, 6) is -1.29. The second-order valence-corrected chi connectivity index (χ2v) is 4.70. The first-order chi connectivity index (χ1) is 7.99. The highest BCUT2D eigenvalue weighted by Crippen LogP contribution is 2.30. The number of hydrogen-bond acceptors (Lipinski definition) is 3. The zero-order valence-electron chi connectivity index (χ0n) is 9.32. The second-order valence-electron chi connectivity index (χ2n) is 3.70. The van der Waals surface area contributed by atoms with Gasteiger partial charge >= 0.3 is 5.97 Å². The Kier molecular flexibility index (Phi) is 2.93. The molecule has 0 amide bonds. The summed E-state index contributed by atoms with van der Waals surface area (Å²) in [6.45, 7) is 3.43. The van der Waals surface area contributed by atoms with Gasteiger partial charge in [0.05, 0.1) is 5.69 Å². The number of benzene rings is 1. The highest BCUT2D eigenvalue weighted by Gasteiger charge is 2.16. The van der Waals surface area contributed by atoms with Crippen molar-refractivity contribution in [3.63, 3.8) is 0 Å². The predicted molar refractivity (Wildman–Crippen MR) is 63.9 cm³/mol. The van der Waals surface area contributed by atoms with Crippen LogP contribution in [0.25, 0.3) is 10.6 Å². The molecule has 1 aromatic heterocycles. The van der Waals surface area contributed by atoms with Gasteiger partial charge in [-0.25, -0.2) is 14.2 Å². The van der Waals surface area contributed by atoms with Crippen LogP contribution in [0.15, 0.2) is 18.2 Å². The van der Waals surface area contributed by atoms with Crippen LogP contribution in [-0.2, 0) is 0 Å². The number of nitrogens with zero attached hydrogens (tertiary/aromatic N) is 1. The summed E-state index contributed by atoms with van der Waals surface area (Å²) < 4.78 is 13.0. The molecule has 0 bridgehead atoms. The van der Waals surface area contributed by atoms with Crippen molar-refractivity contribution >= 4 is 17.3 Å². The Bertz CT molecular complexity index is 592. The van der Waals surface area contributed by atoms with Crippen LogP contribution in [0.2, 0.25) is 0 Å². The molecular formula is C12H10FNO2S.